The van der Waals surface area contributed by atoms with E-state index in [1.54, 1.807) is 30.3 Å². The van der Waals surface area contributed by atoms with Gasteiger partial charge in [-0.1, -0.05) is 70.5 Å². The minimum absolute atomic E-state index is 0.334. The average Bonchev–Trinajstić information content (AvgIpc) is 2.77. The van der Waals surface area contributed by atoms with Gasteiger partial charge in [-0.3, -0.25) is 14.4 Å². The number of rotatable bonds is 7. The lowest BCUT2D eigenvalue weighted by atomic mass is 10.0. The maximum atomic E-state index is 12.2. The molecule has 0 unspecified atom stereocenters. The van der Waals surface area contributed by atoms with E-state index >= 15 is 0 Å². The van der Waals surface area contributed by atoms with Gasteiger partial charge in [-0.25, -0.2) is 0 Å². The topological polar surface area (TPSA) is 84.5 Å². The van der Waals surface area contributed by atoms with Gasteiger partial charge in [0.25, 0.3) is 11.8 Å². The summed E-state index contributed by atoms with van der Waals surface area (Å²) >= 11 is 3.28. The van der Waals surface area contributed by atoms with E-state index < -0.39 is 24.4 Å². The Labute approximate surface area is 182 Å². The van der Waals surface area contributed by atoms with Crippen molar-refractivity contribution in [3.63, 3.8) is 0 Å². The number of hydrogen-bond donors (Lipinski definition) is 2. The Hall–Kier alpha value is -3.45. The molecule has 2 N–H and O–H groups in total. The lowest BCUT2D eigenvalue weighted by molar-refractivity contribution is -0.146. The van der Waals surface area contributed by atoms with Gasteiger partial charge in [-0.15, -0.1) is 0 Å². The Morgan fingerprint density at radius 3 is 2.37 bits per heavy atom. The molecule has 0 spiro atoms. The van der Waals surface area contributed by atoms with Crippen LogP contribution in [-0.2, 0) is 14.3 Å². The highest BCUT2D eigenvalue weighted by atomic mass is 79.9. The molecule has 6 nitrogen and oxygen atoms in total. The van der Waals surface area contributed by atoms with E-state index in [1.165, 1.54) is 0 Å². The van der Waals surface area contributed by atoms with Crippen LogP contribution in [0.25, 0.3) is 11.1 Å². The summed E-state index contributed by atoms with van der Waals surface area (Å²) in [5.41, 5.74) is 2.85. The number of nitrogens with one attached hydrogen (secondary N) is 2. The molecule has 0 aromatic heterocycles. The largest absolute Gasteiger partial charge is 0.454 e. The lowest BCUT2D eigenvalue weighted by Crippen LogP contribution is -2.32. The van der Waals surface area contributed by atoms with E-state index in [9.17, 15) is 14.4 Å². The molecule has 152 valence electrons. The van der Waals surface area contributed by atoms with Crippen LogP contribution in [0.5, 0.6) is 0 Å². The van der Waals surface area contributed by atoms with Crippen LogP contribution in [0.1, 0.15) is 10.4 Å². The third-order valence-corrected chi connectivity index (χ3v) is 4.62. The highest BCUT2D eigenvalue weighted by Crippen LogP contribution is 2.27. The zero-order valence-corrected chi connectivity index (χ0v) is 17.5. The predicted molar refractivity (Wildman–Crippen MR) is 118 cm³/mol. The number of benzene rings is 3. The van der Waals surface area contributed by atoms with Crippen LogP contribution in [0.15, 0.2) is 83.3 Å². The molecule has 0 heterocycles. The van der Waals surface area contributed by atoms with Crippen LogP contribution in [0.2, 0.25) is 0 Å². The van der Waals surface area contributed by atoms with Gasteiger partial charge in [0.2, 0.25) is 0 Å². The van der Waals surface area contributed by atoms with E-state index in [4.69, 9.17) is 4.74 Å². The first kappa shape index (κ1) is 21.3. The third-order valence-electron chi connectivity index (χ3n) is 4.13. The van der Waals surface area contributed by atoms with Crippen molar-refractivity contribution in [2.24, 2.45) is 0 Å². The van der Waals surface area contributed by atoms with Crippen molar-refractivity contribution in [1.29, 1.82) is 0 Å². The van der Waals surface area contributed by atoms with Gasteiger partial charge in [-0.2, -0.15) is 0 Å². The van der Waals surface area contributed by atoms with Crippen molar-refractivity contribution in [3.05, 3.63) is 88.9 Å². The SMILES string of the molecule is O=C(COC(=O)CNC(=O)c1cccc(Br)c1)Nc1ccccc1-c1ccccc1. The number of hydrogen-bond acceptors (Lipinski definition) is 4. The molecule has 0 saturated carbocycles. The van der Waals surface area contributed by atoms with Crippen LogP contribution in [0.4, 0.5) is 5.69 Å². The normalized spacial score (nSPS) is 10.2. The molecule has 0 saturated heterocycles. The summed E-state index contributed by atoms with van der Waals surface area (Å²) in [4.78, 5) is 36.1. The van der Waals surface area contributed by atoms with Crippen LogP contribution >= 0.6 is 15.9 Å². The fraction of sp³-hybridized carbons (Fsp3) is 0.0870. The molecule has 0 aliphatic rings. The van der Waals surface area contributed by atoms with Gasteiger partial charge in [-0.05, 0) is 29.8 Å². The number of carbonyl (C=O) groups is 3. The molecule has 2 amide bonds. The molecule has 0 aliphatic carbocycles. The van der Waals surface area contributed by atoms with E-state index in [0.717, 1.165) is 15.6 Å². The zero-order chi connectivity index (χ0) is 21.3. The fourth-order valence-electron chi connectivity index (χ4n) is 2.73. The Bertz CT molecular complexity index is 1050. The maximum Gasteiger partial charge on any atom is 0.325 e. The highest BCUT2D eigenvalue weighted by Gasteiger charge is 2.12. The Kier molecular flexibility index (Phi) is 7.34. The van der Waals surface area contributed by atoms with Crippen molar-refractivity contribution < 1.29 is 19.1 Å². The van der Waals surface area contributed by atoms with Gasteiger partial charge >= 0.3 is 5.97 Å². The summed E-state index contributed by atoms with van der Waals surface area (Å²) in [6, 6.07) is 23.8. The molecule has 0 aliphatic heterocycles. The monoisotopic (exact) mass is 466 g/mol. The molecule has 3 aromatic carbocycles. The predicted octanol–water partition coefficient (Wildman–Crippen LogP) is 4.03. The summed E-state index contributed by atoms with van der Waals surface area (Å²) in [6.07, 6.45) is 0. The summed E-state index contributed by atoms with van der Waals surface area (Å²) < 4.78 is 5.71. The summed E-state index contributed by atoms with van der Waals surface area (Å²) in [5.74, 6) is -1.58. The van der Waals surface area contributed by atoms with Gasteiger partial charge in [0.15, 0.2) is 6.61 Å². The number of para-hydroxylation sites is 1. The molecule has 0 bridgehead atoms. The Balaban J connectivity index is 1.49. The highest BCUT2D eigenvalue weighted by molar-refractivity contribution is 9.10. The van der Waals surface area contributed by atoms with Crippen LogP contribution in [-0.4, -0.2) is 30.9 Å². The standard InChI is InChI=1S/C23H19BrN2O4/c24-18-10-6-9-17(13-18)23(29)25-14-22(28)30-15-21(27)26-20-12-5-4-11-19(20)16-7-2-1-3-8-16/h1-13H,14-15H2,(H,25,29)(H,26,27). The Morgan fingerprint density at radius 1 is 0.867 bits per heavy atom. The van der Waals surface area contributed by atoms with Crippen molar-refractivity contribution in [2.45, 2.75) is 0 Å². The minimum atomic E-state index is -0.704. The summed E-state index contributed by atoms with van der Waals surface area (Å²) in [6.45, 7) is -0.784. The summed E-state index contributed by atoms with van der Waals surface area (Å²) in [7, 11) is 0. The molecule has 0 radical (unpaired) electrons. The first-order valence-corrected chi connectivity index (χ1v) is 9.96. The summed E-state index contributed by atoms with van der Waals surface area (Å²) in [5, 5.41) is 5.22. The van der Waals surface area contributed by atoms with Gasteiger partial charge < -0.3 is 15.4 Å². The van der Waals surface area contributed by atoms with Crippen LogP contribution in [0.3, 0.4) is 0 Å². The van der Waals surface area contributed by atoms with Gasteiger partial charge in [0.1, 0.15) is 6.54 Å². The van der Waals surface area contributed by atoms with Crippen LogP contribution < -0.4 is 10.6 Å². The maximum absolute atomic E-state index is 12.2. The van der Waals surface area contributed by atoms with Crippen molar-refractivity contribution in [1.82, 2.24) is 5.32 Å². The quantitative estimate of drug-likeness (QED) is 0.514. The fourth-order valence-corrected chi connectivity index (χ4v) is 3.13. The molecule has 30 heavy (non-hydrogen) atoms. The molecule has 3 rings (SSSR count). The second-order valence-electron chi connectivity index (χ2n) is 6.31. The number of anilines is 1. The smallest absolute Gasteiger partial charge is 0.325 e. The molecule has 7 heteroatoms. The number of ether oxygens (including phenoxy) is 1. The molecular weight excluding hydrogens is 448 g/mol. The number of halogens is 1. The van der Waals surface area contributed by atoms with Crippen molar-refractivity contribution in [2.75, 3.05) is 18.5 Å². The first-order chi connectivity index (χ1) is 14.5. The minimum Gasteiger partial charge on any atom is -0.454 e. The molecule has 3 aromatic rings. The number of amides is 2. The van der Waals surface area contributed by atoms with Gasteiger partial charge in [0.05, 0.1) is 0 Å². The van der Waals surface area contributed by atoms with E-state index in [2.05, 4.69) is 26.6 Å². The lowest BCUT2D eigenvalue weighted by Gasteiger charge is -2.12. The van der Waals surface area contributed by atoms with E-state index in [1.807, 2.05) is 48.5 Å². The molecule has 0 fully saturated rings. The first-order valence-electron chi connectivity index (χ1n) is 9.16. The van der Waals surface area contributed by atoms with Crippen molar-refractivity contribution >= 4 is 39.4 Å². The number of carbonyl (C=O) groups excluding carboxylic acids is 3. The Morgan fingerprint density at radius 2 is 1.60 bits per heavy atom. The van der Waals surface area contributed by atoms with Crippen molar-refractivity contribution in [3.8, 4) is 11.1 Å². The third kappa shape index (κ3) is 6.02. The molecular formula is C23H19BrN2O4. The second kappa shape index (κ2) is 10.4. The zero-order valence-electron chi connectivity index (χ0n) is 15.9. The van der Waals surface area contributed by atoms with E-state index in [0.29, 0.717) is 11.3 Å². The number of esters is 1. The van der Waals surface area contributed by atoms with Gasteiger partial charge in [0, 0.05) is 21.3 Å². The second-order valence-corrected chi connectivity index (χ2v) is 7.23. The average molecular weight is 467 g/mol. The molecule has 0 atom stereocenters. The van der Waals surface area contributed by atoms with E-state index in [-0.39, 0.29) is 6.54 Å². The van der Waals surface area contributed by atoms with Crippen LogP contribution in [0, 0.1) is 0 Å².